The van der Waals surface area contributed by atoms with Gasteiger partial charge < -0.3 is 25.7 Å². The summed E-state index contributed by atoms with van der Waals surface area (Å²) in [5.41, 5.74) is 8.76. The summed E-state index contributed by atoms with van der Waals surface area (Å²) in [5.74, 6) is 0.281. The lowest BCUT2D eigenvalue weighted by Crippen LogP contribution is -2.38. The van der Waals surface area contributed by atoms with Gasteiger partial charge in [0, 0.05) is 18.0 Å². The lowest BCUT2D eigenvalue weighted by molar-refractivity contribution is -0.0187. The third kappa shape index (κ3) is 4.40. The molecule has 4 N–H and O–H groups in total. The molecule has 0 spiro atoms. The number of hydrogen-bond donors (Lipinski definition) is 3. The standard InChI is InChI=1S/C18H21BrFN5O3/c1-9-16-15(24-18(21)22-9)6-14(12-4-3-10(20)5-13(12)19)23-17(16)25-28-8-11(7-26)27-2/h3-5,11,14,26H,6-8H2,1-2H3,(H,23,25)(H2,21,22,24)/t11?,14-/m1/s1. The number of anilines is 1. The molecule has 0 bridgehead atoms. The van der Waals surface area contributed by atoms with Gasteiger partial charge in [-0.25, -0.2) is 14.4 Å². The Bertz CT molecular complexity index is 892. The Hall–Kier alpha value is -2.30. The summed E-state index contributed by atoms with van der Waals surface area (Å²) in [7, 11) is 1.48. The van der Waals surface area contributed by atoms with Crippen LogP contribution in [0.3, 0.4) is 0 Å². The molecular formula is C18H21BrFN5O3. The van der Waals surface area contributed by atoms with Crippen LogP contribution in [-0.4, -0.2) is 47.3 Å². The van der Waals surface area contributed by atoms with Crippen molar-refractivity contribution in [3.05, 3.63) is 51.0 Å². The van der Waals surface area contributed by atoms with E-state index < -0.39 is 6.10 Å². The number of methoxy groups -OCH3 is 1. The Kier molecular flexibility index (Phi) is 6.42. The number of aryl methyl sites for hydroxylation is 1. The fraction of sp³-hybridized carbons (Fsp3) is 0.389. The van der Waals surface area contributed by atoms with Crippen LogP contribution >= 0.6 is 15.9 Å². The largest absolute Gasteiger partial charge is 0.394 e. The molecule has 28 heavy (non-hydrogen) atoms. The van der Waals surface area contributed by atoms with E-state index in [4.69, 9.17) is 15.3 Å². The quantitative estimate of drug-likeness (QED) is 0.571. The molecule has 8 nitrogen and oxygen atoms in total. The van der Waals surface area contributed by atoms with Crippen LogP contribution in [0.25, 0.3) is 0 Å². The van der Waals surface area contributed by atoms with Gasteiger partial charge in [0.25, 0.3) is 0 Å². The number of rotatable bonds is 6. The summed E-state index contributed by atoms with van der Waals surface area (Å²) in [6.07, 6.45) is 0.0296. The lowest BCUT2D eigenvalue weighted by Gasteiger charge is -2.29. The monoisotopic (exact) mass is 453 g/mol. The molecule has 3 rings (SSSR count). The van der Waals surface area contributed by atoms with E-state index >= 15 is 0 Å². The van der Waals surface area contributed by atoms with Crippen molar-refractivity contribution in [2.75, 3.05) is 26.1 Å². The van der Waals surface area contributed by atoms with E-state index in [0.717, 1.165) is 11.3 Å². The predicted molar refractivity (Wildman–Crippen MR) is 105 cm³/mol. The van der Waals surface area contributed by atoms with Crippen molar-refractivity contribution < 1.29 is 19.1 Å². The van der Waals surface area contributed by atoms with Crippen LogP contribution in [0.1, 0.15) is 28.6 Å². The van der Waals surface area contributed by atoms with Crippen molar-refractivity contribution in [1.82, 2.24) is 15.3 Å². The maximum absolute atomic E-state index is 13.5. The Balaban J connectivity index is 1.96. The highest BCUT2D eigenvalue weighted by Crippen LogP contribution is 2.31. The molecule has 0 aliphatic carbocycles. The van der Waals surface area contributed by atoms with Crippen molar-refractivity contribution in [3.8, 4) is 0 Å². The molecular weight excluding hydrogens is 433 g/mol. The number of hydrogen-bond acceptors (Lipinski definition) is 7. The van der Waals surface area contributed by atoms with Crippen molar-refractivity contribution in [1.29, 1.82) is 0 Å². The average Bonchev–Trinajstić information content (AvgIpc) is 2.64. The van der Waals surface area contributed by atoms with Crippen LogP contribution in [-0.2, 0) is 16.0 Å². The number of halogens is 2. The number of aliphatic hydroxyl groups excluding tert-OH is 1. The second kappa shape index (κ2) is 8.80. The first kappa shape index (κ1) is 20.4. The first-order chi connectivity index (χ1) is 13.4. The highest BCUT2D eigenvalue weighted by atomic mass is 79.9. The van der Waals surface area contributed by atoms with E-state index in [1.165, 1.54) is 19.2 Å². The van der Waals surface area contributed by atoms with E-state index in [0.29, 0.717) is 28.0 Å². The van der Waals surface area contributed by atoms with Gasteiger partial charge in [0.1, 0.15) is 18.5 Å². The zero-order valence-corrected chi connectivity index (χ0v) is 17.0. The van der Waals surface area contributed by atoms with Crippen molar-refractivity contribution in [2.45, 2.75) is 25.5 Å². The predicted octanol–water partition coefficient (Wildman–Crippen LogP) is 1.84. The number of nitrogens with one attached hydrogen (secondary N) is 1. The fourth-order valence-electron chi connectivity index (χ4n) is 3.02. The molecule has 1 aliphatic heterocycles. The van der Waals surface area contributed by atoms with E-state index in [2.05, 4.69) is 36.4 Å². The number of benzene rings is 1. The zero-order valence-electron chi connectivity index (χ0n) is 15.4. The number of nitrogen functional groups attached to an aromatic ring is 1. The molecule has 1 unspecified atom stereocenters. The number of nitrogens with zero attached hydrogens (tertiary/aromatic N) is 3. The maximum Gasteiger partial charge on any atom is 0.220 e. The van der Waals surface area contributed by atoms with Crippen LogP contribution in [0.2, 0.25) is 0 Å². The van der Waals surface area contributed by atoms with Gasteiger partial charge in [-0.3, -0.25) is 0 Å². The zero-order chi connectivity index (χ0) is 20.3. The smallest absolute Gasteiger partial charge is 0.220 e. The number of aliphatic hydroxyl groups is 1. The summed E-state index contributed by atoms with van der Waals surface area (Å²) in [5, 5.41) is 16.7. The summed E-state index contributed by atoms with van der Waals surface area (Å²) in [6, 6.07) is 4.28. The Morgan fingerprint density at radius 2 is 2.25 bits per heavy atom. The van der Waals surface area contributed by atoms with E-state index in [-0.39, 0.29) is 31.0 Å². The second-order valence-electron chi connectivity index (χ2n) is 6.33. The Morgan fingerprint density at radius 1 is 1.46 bits per heavy atom. The summed E-state index contributed by atoms with van der Waals surface area (Å²) < 4.78 is 19.2. The molecule has 10 heteroatoms. The summed E-state index contributed by atoms with van der Waals surface area (Å²) in [4.78, 5) is 13.9. The van der Waals surface area contributed by atoms with Crippen LogP contribution in [0, 0.1) is 12.7 Å². The van der Waals surface area contributed by atoms with E-state index in [9.17, 15) is 9.50 Å². The van der Waals surface area contributed by atoms with Gasteiger partial charge in [0.05, 0.1) is 29.6 Å². The van der Waals surface area contributed by atoms with Gasteiger partial charge in [-0.05, 0) is 24.6 Å². The van der Waals surface area contributed by atoms with Gasteiger partial charge in [-0.1, -0.05) is 27.2 Å². The molecule has 2 atom stereocenters. The van der Waals surface area contributed by atoms with Gasteiger partial charge in [-0.15, -0.1) is 0 Å². The maximum atomic E-state index is 13.5. The second-order valence-corrected chi connectivity index (χ2v) is 7.19. The molecule has 0 amide bonds. The van der Waals surface area contributed by atoms with Crippen molar-refractivity contribution in [3.63, 3.8) is 0 Å². The lowest BCUT2D eigenvalue weighted by atomic mass is 9.94. The van der Waals surface area contributed by atoms with Crippen LogP contribution in [0.5, 0.6) is 0 Å². The molecule has 1 aromatic heterocycles. The molecule has 2 aromatic rings. The van der Waals surface area contributed by atoms with Gasteiger partial charge in [-0.2, -0.15) is 0 Å². The molecule has 0 saturated heterocycles. The summed E-state index contributed by atoms with van der Waals surface area (Å²) in [6.45, 7) is 1.70. The first-order valence-electron chi connectivity index (χ1n) is 8.61. The van der Waals surface area contributed by atoms with Gasteiger partial charge in [0.2, 0.25) is 5.95 Å². The third-order valence-corrected chi connectivity index (χ3v) is 5.11. The van der Waals surface area contributed by atoms with Crippen LogP contribution < -0.4 is 11.1 Å². The Labute approximate surface area is 170 Å². The van der Waals surface area contributed by atoms with Crippen molar-refractivity contribution >= 4 is 27.7 Å². The normalized spacial score (nSPS) is 18.5. The fourth-order valence-corrected chi connectivity index (χ4v) is 3.64. The average molecular weight is 454 g/mol. The number of ether oxygens (including phenoxy) is 1. The molecule has 150 valence electrons. The number of oxime groups is 1. The molecule has 2 heterocycles. The van der Waals surface area contributed by atoms with Crippen molar-refractivity contribution in [2.24, 2.45) is 5.16 Å². The molecule has 0 saturated carbocycles. The molecule has 1 aromatic carbocycles. The SMILES string of the molecule is COC(CO)CO/N=C1\N[C@@H](c2ccc(F)cc2Br)Cc2nc(N)nc(C)c21. The minimum atomic E-state index is -0.488. The molecule has 0 radical (unpaired) electrons. The van der Waals surface area contributed by atoms with Gasteiger partial charge >= 0.3 is 0 Å². The summed E-state index contributed by atoms with van der Waals surface area (Å²) >= 11 is 3.41. The number of aromatic nitrogens is 2. The molecule has 1 aliphatic rings. The highest BCUT2D eigenvalue weighted by molar-refractivity contribution is 9.10. The van der Waals surface area contributed by atoms with E-state index in [1.807, 2.05) is 6.92 Å². The Morgan fingerprint density at radius 3 is 2.93 bits per heavy atom. The third-order valence-electron chi connectivity index (χ3n) is 4.42. The minimum Gasteiger partial charge on any atom is -0.394 e. The van der Waals surface area contributed by atoms with Gasteiger partial charge in [0.15, 0.2) is 5.84 Å². The number of amidine groups is 1. The first-order valence-corrected chi connectivity index (χ1v) is 9.40. The topological polar surface area (TPSA) is 115 Å². The van der Waals surface area contributed by atoms with Crippen LogP contribution in [0.15, 0.2) is 27.8 Å². The minimum absolute atomic E-state index is 0.0767. The number of fused-ring (bicyclic) bond motifs is 1. The molecule has 0 fully saturated rings. The number of nitrogens with two attached hydrogens (primary N) is 1. The van der Waals surface area contributed by atoms with Crippen LogP contribution in [0.4, 0.5) is 10.3 Å². The van der Waals surface area contributed by atoms with E-state index in [1.54, 1.807) is 6.07 Å². The highest BCUT2D eigenvalue weighted by Gasteiger charge is 2.29.